The predicted octanol–water partition coefficient (Wildman–Crippen LogP) is 3.48. The molecule has 0 aliphatic carbocycles. The Morgan fingerprint density at radius 3 is 2.21 bits per heavy atom. The molecule has 1 aliphatic rings. The van der Waals surface area contributed by atoms with Gasteiger partial charge in [-0.15, -0.1) is 0 Å². The second-order valence-corrected chi connectivity index (χ2v) is 7.31. The van der Waals surface area contributed by atoms with Crippen molar-refractivity contribution in [3.8, 4) is 0 Å². The minimum absolute atomic E-state index is 0.0155. The molecule has 3 heteroatoms. The number of nitrogens with zero attached hydrogens (tertiary/aromatic N) is 3. The zero-order valence-corrected chi connectivity index (χ0v) is 13.4. The summed E-state index contributed by atoms with van der Waals surface area (Å²) in [7, 11) is 2.16. The van der Waals surface area contributed by atoms with E-state index in [0.29, 0.717) is 11.8 Å². The molecule has 0 saturated carbocycles. The van der Waals surface area contributed by atoms with Crippen molar-refractivity contribution >= 4 is 0 Å². The standard InChI is InChI=1S/C16H27N3/c1-10(2)11(3)14-12-8-19(7)9-13(12)17-15(18-14)16(4,5)6/h10-11H,8-9H2,1-7H3. The van der Waals surface area contributed by atoms with Crippen LogP contribution >= 0.6 is 0 Å². The van der Waals surface area contributed by atoms with E-state index in [-0.39, 0.29) is 5.41 Å². The average molecular weight is 261 g/mol. The first kappa shape index (κ1) is 14.4. The van der Waals surface area contributed by atoms with Crippen molar-refractivity contribution in [3.63, 3.8) is 0 Å². The van der Waals surface area contributed by atoms with Crippen LogP contribution in [-0.4, -0.2) is 21.9 Å². The minimum Gasteiger partial charge on any atom is -0.296 e. The lowest BCUT2D eigenvalue weighted by Crippen LogP contribution is -2.20. The molecule has 0 fully saturated rings. The van der Waals surface area contributed by atoms with E-state index in [1.807, 2.05) is 0 Å². The van der Waals surface area contributed by atoms with Gasteiger partial charge in [0.25, 0.3) is 0 Å². The molecule has 0 radical (unpaired) electrons. The van der Waals surface area contributed by atoms with Gasteiger partial charge >= 0.3 is 0 Å². The van der Waals surface area contributed by atoms with Crippen LogP contribution in [0, 0.1) is 5.92 Å². The third-order valence-electron chi connectivity index (χ3n) is 4.07. The quantitative estimate of drug-likeness (QED) is 0.816. The minimum atomic E-state index is 0.0155. The number of hydrogen-bond acceptors (Lipinski definition) is 3. The fraction of sp³-hybridized carbons (Fsp3) is 0.750. The molecule has 1 unspecified atom stereocenters. The molecular formula is C16H27N3. The summed E-state index contributed by atoms with van der Waals surface area (Å²) in [5.74, 6) is 2.09. The molecule has 1 aromatic heterocycles. The molecule has 0 saturated heterocycles. The van der Waals surface area contributed by atoms with Gasteiger partial charge in [0.15, 0.2) is 0 Å². The number of hydrogen-bond donors (Lipinski definition) is 0. The summed E-state index contributed by atoms with van der Waals surface area (Å²) in [6, 6.07) is 0. The van der Waals surface area contributed by atoms with E-state index >= 15 is 0 Å². The SMILES string of the molecule is CC(C)C(C)c1nc(C(C)(C)C)nc2c1CN(C)C2. The van der Waals surface area contributed by atoms with E-state index in [9.17, 15) is 0 Å². The highest BCUT2D eigenvalue weighted by molar-refractivity contribution is 5.33. The molecule has 106 valence electrons. The van der Waals surface area contributed by atoms with E-state index in [0.717, 1.165) is 18.9 Å². The van der Waals surface area contributed by atoms with E-state index < -0.39 is 0 Å². The lowest BCUT2D eigenvalue weighted by molar-refractivity contribution is 0.349. The van der Waals surface area contributed by atoms with Crippen molar-refractivity contribution in [1.82, 2.24) is 14.9 Å². The third kappa shape index (κ3) is 2.81. The van der Waals surface area contributed by atoms with Gasteiger partial charge in [0.05, 0.1) is 11.4 Å². The number of fused-ring (bicyclic) bond motifs is 1. The molecule has 0 bridgehead atoms. The first-order chi connectivity index (χ1) is 8.70. The Morgan fingerprint density at radius 2 is 1.68 bits per heavy atom. The molecule has 2 heterocycles. The van der Waals surface area contributed by atoms with Crippen molar-refractivity contribution in [1.29, 1.82) is 0 Å². The Bertz CT molecular complexity index is 472. The van der Waals surface area contributed by atoms with Crippen LogP contribution in [0.3, 0.4) is 0 Å². The number of aromatic nitrogens is 2. The molecular weight excluding hydrogens is 234 g/mol. The van der Waals surface area contributed by atoms with Crippen molar-refractivity contribution in [3.05, 3.63) is 22.8 Å². The molecule has 0 amide bonds. The second kappa shape index (κ2) is 4.86. The van der Waals surface area contributed by atoms with E-state index in [1.165, 1.54) is 17.0 Å². The van der Waals surface area contributed by atoms with Gasteiger partial charge < -0.3 is 0 Å². The zero-order valence-electron chi connectivity index (χ0n) is 13.4. The topological polar surface area (TPSA) is 29.0 Å². The summed E-state index contributed by atoms with van der Waals surface area (Å²) in [6.45, 7) is 15.4. The van der Waals surface area contributed by atoms with Crippen LogP contribution in [0.15, 0.2) is 0 Å². The summed E-state index contributed by atoms with van der Waals surface area (Å²) in [5.41, 5.74) is 3.90. The average Bonchev–Trinajstić information content (AvgIpc) is 2.65. The van der Waals surface area contributed by atoms with Crippen molar-refractivity contribution in [2.24, 2.45) is 5.92 Å². The first-order valence-corrected chi connectivity index (χ1v) is 7.29. The summed E-state index contributed by atoms with van der Waals surface area (Å²) in [4.78, 5) is 12.1. The van der Waals surface area contributed by atoms with Gasteiger partial charge in [-0.2, -0.15) is 0 Å². The first-order valence-electron chi connectivity index (χ1n) is 7.29. The lowest BCUT2D eigenvalue weighted by atomic mass is 9.89. The van der Waals surface area contributed by atoms with Gasteiger partial charge in [0.1, 0.15) is 5.82 Å². The number of rotatable bonds is 2. The fourth-order valence-electron chi connectivity index (χ4n) is 2.46. The smallest absolute Gasteiger partial charge is 0.134 e. The Hall–Kier alpha value is -0.960. The summed E-state index contributed by atoms with van der Waals surface area (Å²) in [5, 5.41) is 0. The molecule has 0 aromatic carbocycles. The predicted molar refractivity (Wildman–Crippen MR) is 79.2 cm³/mol. The summed E-state index contributed by atoms with van der Waals surface area (Å²) >= 11 is 0. The van der Waals surface area contributed by atoms with Crippen LogP contribution in [0.5, 0.6) is 0 Å². The molecule has 3 nitrogen and oxygen atoms in total. The second-order valence-electron chi connectivity index (χ2n) is 7.31. The largest absolute Gasteiger partial charge is 0.296 e. The summed E-state index contributed by atoms with van der Waals surface area (Å²) < 4.78 is 0. The van der Waals surface area contributed by atoms with Gasteiger partial charge in [-0.25, -0.2) is 9.97 Å². The van der Waals surface area contributed by atoms with Gasteiger partial charge in [0, 0.05) is 30.0 Å². The Labute approximate surface area is 117 Å². The maximum absolute atomic E-state index is 4.93. The Balaban J connectivity index is 2.55. The zero-order chi connectivity index (χ0) is 14.4. The molecule has 2 rings (SSSR count). The molecule has 1 aromatic rings. The monoisotopic (exact) mass is 261 g/mol. The van der Waals surface area contributed by atoms with Crippen LogP contribution in [-0.2, 0) is 18.5 Å². The van der Waals surface area contributed by atoms with Gasteiger partial charge in [-0.1, -0.05) is 41.5 Å². The highest BCUT2D eigenvalue weighted by atomic mass is 15.1. The third-order valence-corrected chi connectivity index (χ3v) is 4.07. The molecule has 19 heavy (non-hydrogen) atoms. The highest BCUT2D eigenvalue weighted by Gasteiger charge is 2.29. The molecule has 1 atom stereocenters. The van der Waals surface area contributed by atoms with E-state index in [2.05, 4.69) is 53.5 Å². The summed E-state index contributed by atoms with van der Waals surface area (Å²) in [6.07, 6.45) is 0. The highest BCUT2D eigenvalue weighted by Crippen LogP contribution is 2.33. The molecule has 1 aliphatic heterocycles. The van der Waals surface area contributed by atoms with E-state index in [4.69, 9.17) is 9.97 Å². The van der Waals surface area contributed by atoms with Gasteiger partial charge in [0.2, 0.25) is 0 Å². The maximum atomic E-state index is 4.93. The van der Waals surface area contributed by atoms with Crippen LogP contribution in [0.4, 0.5) is 0 Å². The van der Waals surface area contributed by atoms with Crippen molar-refractivity contribution in [2.75, 3.05) is 7.05 Å². The van der Waals surface area contributed by atoms with Crippen LogP contribution in [0.2, 0.25) is 0 Å². The molecule has 0 N–H and O–H groups in total. The van der Waals surface area contributed by atoms with Gasteiger partial charge in [-0.05, 0) is 13.0 Å². The Morgan fingerprint density at radius 1 is 1.05 bits per heavy atom. The Kier molecular flexibility index (Phi) is 3.69. The lowest BCUT2D eigenvalue weighted by Gasteiger charge is -2.23. The van der Waals surface area contributed by atoms with Crippen LogP contribution in [0.25, 0.3) is 0 Å². The van der Waals surface area contributed by atoms with Crippen LogP contribution < -0.4 is 0 Å². The van der Waals surface area contributed by atoms with Crippen molar-refractivity contribution in [2.45, 2.75) is 66.0 Å². The maximum Gasteiger partial charge on any atom is 0.134 e. The van der Waals surface area contributed by atoms with Crippen molar-refractivity contribution < 1.29 is 0 Å². The molecule has 0 spiro atoms. The normalized spacial score (nSPS) is 17.9. The van der Waals surface area contributed by atoms with Gasteiger partial charge in [-0.3, -0.25) is 4.90 Å². The van der Waals surface area contributed by atoms with Crippen LogP contribution in [0.1, 0.15) is 70.2 Å². The fourth-order valence-corrected chi connectivity index (χ4v) is 2.46. The van der Waals surface area contributed by atoms with E-state index in [1.54, 1.807) is 0 Å².